The van der Waals surface area contributed by atoms with E-state index < -0.39 is 11.7 Å². The number of hydrogen-bond acceptors (Lipinski definition) is 4. The highest BCUT2D eigenvalue weighted by Crippen LogP contribution is 2.33. The van der Waals surface area contributed by atoms with Crippen LogP contribution in [0, 0.1) is 6.92 Å². The van der Waals surface area contributed by atoms with Gasteiger partial charge in [-0.25, -0.2) is 9.55 Å². The van der Waals surface area contributed by atoms with Gasteiger partial charge in [-0.2, -0.15) is 13.2 Å². The number of halogens is 3. The number of para-hydroxylation sites is 1. The molecule has 0 fully saturated rings. The first-order valence-corrected chi connectivity index (χ1v) is 11.7. The number of hydrogen-bond donors (Lipinski definition) is 1. The van der Waals surface area contributed by atoms with Crippen LogP contribution in [0.2, 0.25) is 0 Å². The molecule has 0 aliphatic rings. The molecule has 2 aromatic heterocycles. The minimum Gasteiger partial charge on any atom is -0.495 e. The van der Waals surface area contributed by atoms with Gasteiger partial charge >= 0.3 is 6.18 Å². The molecule has 0 radical (unpaired) electrons. The van der Waals surface area contributed by atoms with Gasteiger partial charge < -0.3 is 9.72 Å². The molecular weight excluding hydrogens is 475 g/mol. The number of aromatic nitrogens is 3. The molecule has 3 aromatic carbocycles. The van der Waals surface area contributed by atoms with Gasteiger partial charge in [0.25, 0.3) is 5.56 Å². The van der Waals surface area contributed by atoms with E-state index in [9.17, 15) is 18.0 Å². The summed E-state index contributed by atoms with van der Waals surface area (Å²) in [5, 5.41) is 1.23. The summed E-state index contributed by atoms with van der Waals surface area (Å²) in [5.41, 5.74) is 2.87. The Hall–Kier alpha value is -3.72. The molecule has 178 valence electrons. The van der Waals surface area contributed by atoms with Crippen LogP contribution in [0.1, 0.15) is 16.7 Å². The predicted octanol–water partition coefficient (Wildman–Crippen LogP) is 6.50. The SMILES string of the molecule is COc1ccc(C)cc1-n1c(SCc2ccc(C(F)(F)F)cc2)nc2c([nH]c3ccccc32)c1=O. The van der Waals surface area contributed by atoms with Crippen LogP contribution in [0.4, 0.5) is 13.2 Å². The van der Waals surface area contributed by atoms with Crippen molar-refractivity contribution < 1.29 is 17.9 Å². The van der Waals surface area contributed by atoms with Gasteiger partial charge in [0.2, 0.25) is 0 Å². The van der Waals surface area contributed by atoms with E-state index >= 15 is 0 Å². The zero-order chi connectivity index (χ0) is 24.7. The van der Waals surface area contributed by atoms with E-state index in [0.717, 1.165) is 28.6 Å². The summed E-state index contributed by atoms with van der Waals surface area (Å²) in [6.45, 7) is 1.91. The highest BCUT2D eigenvalue weighted by atomic mass is 32.2. The molecule has 0 atom stereocenters. The minimum atomic E-state index is -4.39. The van der Waals surface area contributed by atoms with Gasteiger partial charge in [-0.1, -0.05) is 48.2 Å². The van der Waals surface area contributed by atoms with E-state index in [1.54, 1.807) is 6.07 Å². The topological polar surface area (TPSA) is 59.9 Å². The Balaban J connectivity index is 1.66. The minimum absolute atomic E-state index is 0.287. The third-order valence-corrected chi connectivity index (χ3v) is 6.73. The Bertz CT molecular complexity index is 1610. The Morgan fingerprint density at radius 3 is 2.51 bits per heavy atom. The second kappa shape index (κ2) is 8.81. The fourth-order valence-electron chi connectivity index (χ4n) is 3.96. The maximum absolute atomic E-state index is 13.8. The molecule has 1 N–H and O–H groups in total. The molecule has 0 spiro atoms. The Labute approximate surface area is 202 Å². The van der Waals surface area contributed by atoms with E-state index in [2.05, 4.69) is 4.98 Å². The van der Waals surface area contributed by atoms with Gasteiger partial charge in [0.15, 0.2) is 5.16 Å². The number of H-pyrrole nitrogens is 1. The van der Waals surface area contributed by atoms with E-state index in [1.165, 1.54) is 35.6 Å². The molecule has 0 saturated heterocycles. The number of fused-ring (bicyclic) bond motifs is 3. The lowest BCUT2D eigenvalue weighted by atomic mass is 10.1. The normalized spacial score (nSPS) is 11.9. The number of thioether (sulfide) groups is 1. The van der Waals surface area contributed by atoms with Crippen LogP contribution >= 0.6 is 11.8 Å². The van der Waals surface area contributed by atoms with Gasteiger partial charge in [0.05, 0.1) is 18.4 Å². The fourth-order valence-corrected chi connectivity index (χ4v) is 4.92. The molecule has 5 nitrogen and oxygen atoms in total. The van der Waals surface area contributed by atoms with Crippen molar-refractivity contribution in [1.29, 1.82) is 0 Å². The quantitative estimate of drug-likeness (QED) is 0.224. The van der Waals surface area contributed by atoms with Crippen molar-refractivity contribution in [3.63, 3.8) is 0 Å². The van der Waals surface area contributed by atoms with Crippen molar-refractivity contribution in [2.45, 2.75) is 24.0 Å². The van der Waals surface area contributed by atoms with Gasteiger partial charge in [-0.15, -0.1) is 0 Å². The molecular formula is C26H20F3N3O2S. The van der Waals surface area contributed by atoms with Crippen molar-refractivity contribution >= 4 is 33.7 Å². The first-order valence-electron chi connectivity index (χ1n) is 10.7. The van der Waals surface area contributed by atoms with Crippen LogP contribution in [0.3, 0.4) is 0 Å². The van der Waals surface area contributed by atoms with Crippen LogP contribution in [0.5, 0.6) is 5.75 Å². The van der Waals surface area contributed by atoms with E-state index in [1.807, 2.05) is 43.3 Å². The average Bonchev–Trinajstić information content (AvgIpc) is 3.21. The van der Waals surface area contributed by atoms with Gasteiger partial charge in [0, 0.05) is 16.7 Å². The Morgan fingerprint density at radius 1 is 1.06 bits per heavy atom. The summed E-state index contributed by atoms with van der Waals surface area (Å²) in [6, 6.07) is 18.0. The number of benzene rings is 3. The van der Waals surface area contributed by atoms with E-state index in [-0.39, 0.29) is 5.56 Å². The van der Waals surface area contributed by atoms with Gasteiger partial charge in [-0.3, -0.25) is 4.79 Å². The van der Waals surface area contributed by atoms with E-state index in [4.69, 9.17) is 9.72 Å². The number of nitrogens with one attached hydrogen (secondary N) is 1. The summed E-state index contributed by atoms with van der Waals surface area (Å²) < 4.78 is 45.8. The second-order valence-corrected chi connectivity index (χ2v) is 9.03. The maximum Gasteiger partial charge on any atom is 0.416 e. The van der Waals surface area contributed by atoms with E-state index in [0.29, 0.717) is 38.9 Å². The number of aromatic amines is 1. The fraction of sp³-hybridized carbons (Fsp3) is 0.154. The molecule has 35 heavy (non-hydrogen) atoms. The first kappa shape index (κ1) is 23.0. The summed E-state index contributed by atoms with van der Waals surface area (Å²) in [5.74, 6) is 0.832. The van der Waals surface area contributed by atoms with Crippen LogP contribution in [0.15, 0.2) is 76.7 Å². The Morgan fingerprint density at radius 2 is 1.80 bits per heavy atom. The second-order valence-electron chi connectivity index (χ2n) is 8.09. The van der Waals surface area contributed by atoms with Crippen molar-refractivity contribution in [2.75, 3.05) is 7.11 Å². The number of alkyl halides is 3. The van der Waals surface area contributed by atoms with Gasteiger partial charge in [0.1, 0.15) is 16.8 Å². The monoisotopic (exact) mass is 495 g/mol. The summed E-state index contributed by atoms with van der Waals surface area (Å²) in [6.07, 6.45) is -4.39. The number of rotatable bonds is 5. The first-order chi connectivity index (χ1) is 16.8. The Kier molecular flexibility index (Phi) is 5.80. The molecule has 2 heterocycles. The largest absolute Gasteiger partial charge is 0.495 e. The number of ether oxygens (including phenoxy) is 1. The number of aryl methyl sites for hydroxylation is 1. The summed E-state index contributed by atoms with van der Waals surface area (Å²) in [7, 11) is 1.53. The molecule has 0 saturated carbocycles. The third-order valence-electron chi connectivity index (χ3n) is 5.72. The standard InChI is InChI=1S/C26H20F3N3O2S/c1-15-7-12-21(34-2)20(13-15)32-24(33)23-22(18-5-3-4-6-19(18)30-23)31-25(32)35-14-16-8-10-17(11-9-16)26(27,28)29/h3-13,30H,14H2,1-2H3. The summed E-state index contributed by atoms with van der Waals surface area (Å²) in [4.78, 5) is 21.8. The molecule has 0 unspecified atom stereocenters. The predicted molar refractivity (Wildman–Crippen MR) is 131 cm³/mol. The van der Waals surface area contributed by atoms with Crippen LogP contribution in [0.25, 0.3) is 27.6 Å². The summed E-state index contributed by atoms with van der Waals surface area (Å²) >= 11 is 1.28. The smallest absolute Gasteiger partial charge is 0.416 e. The van der Waals surface area contributed by atoms with Crippen LogP contribution in [-0.4, -0.2) is 21.6 Å². The number of methoxy groups -OCH3 is 1. The lowest BCUT2D eigenvalue weighted by molar-refractivity contribution is -0.137. The van der Waals surface area contributed by atoms with Gasteiger partial charge in [-0.05, 0) is 48.4 Å². The molecule has 0 amide bonds. The zero-order valence-electron chi connectivity index (χ0n) is 18.8. The number of nitrogens with zero attached hydrogens (tertiary/aromatic N) is 2. The van der Waals surface area contributed by atoms with Crippen molar-refractivity contribution in [3.8, 4) is 11.4 Å². The highest BCUT2D eigenvalue weighted by molar-refractivity contribution is 7.98. The lowest BCUT2D eigenvalue weighted by Gasteiger charge is -2.16. The van der Waals surface area contributed by atoms with Crippen LogP contribution < -0.4 is 10.3 Å². The average molecular weight is 496 g/mol. The van der Waals surface area contributed by atoms with Crippen molar-refractivity contribution in [2.24, 2.45) is 0 Å². The molecule has 0 bridgehead atoms. The molecule has 5 rings (SSSR count). The molecule has 0 aliphatic heterocycles. The maximum atomic E-state index is 13.8. The highest BCUT2D eigenvalue weighted by Gasteiger charge is 2.30. The molecule has 0 aliphatic carbocycles. The van der Waals surface area contributed by atoms with Crippen molar-refractivity contribution in [1.82, 2.24) is 14.5 Å². The molecule has 5 aromatic rings. The molecule has 9 heteroatoms. The zero-order valence-corrected chi connectivity index (χ0v) is 19.6. The third kappa shape index (κ3) is 4.27. The lowest BCUT2D eigenvalue weighted by Crippen LogP contribution is -2.22. The van der Waals surface area contributed by atoms with Crippen LogP contribution in [-0.2, 0) is 11.9 Å². The van der Waals surface area contributed by atoms with Crippen molar-refractivity contribution in [3.05, 3.63) is 93.8 Å².